The average Bonchev–Trinajstić information content (AvgIpc) is 2.88. The molecule has 2 unspecified atom stereocenters. The van der Waals surface area contributed by atoms with Crippen molar-refractivity contribution in [2.75, 3.05) is 26.2 Å². The third-order valence-electron chi connectivity index (χ3n) is 4.32. The molecule has 4 nitrogen and oxygen atoms in total. The fraction of sp³-hybridized carbons (Fsp3) is 0.923. The molecule has 2 atom stereocenters. The Morgan fingerprint density at radius 3 is 2.88 bits per heavy atom. The average molecular weight is 237 g/mol. The molecule has 0 aromatic heterocycles. The van der Waals surface area contributed by atoms with E-state index in [1.807, 2.05) is 0 Å². The number of carbonyl (C=O) groups is 1. The fourth-order valence-corrected chi connectivity index (χ4v) is 3.08. The van der Waals surface area contributed by atoms with E-state index in [4.69, 9.17) is 0 Å². The molecule has 2 heterocycles. The molecule has 2 saturated heterocycles. The van der Waals surface area contributed by atoms with Crippen LogP contribution in [-0.2, 0) is 4.79 Å². The number of likely N-dealkylation sites (tertiary alicyclic amines) is 1. The molecule has 3 aliphatic rings. The van der Waals surface area contributed by atoms with E-state index >= 15 is 0 Å². The number of rotatable bonds is 4. The van der Waals surface area contributed by atoms with Gasteiger partial charge in [0.15, 0.2) is 0 Å². The van der Waals surface area contributed by atoms with Crippen molar-refractivity contribution in [1.82, 2.24) is 15.5 Å². The van der Waals surface area contributed by atoms with Crippen LogP contribution in [0, 0.1) is 5.92 Å². The van der Waals surface area contributed by atoms with Crippen LogP contribution in [0.15, 0.2) is 0 Å². The number of carbonyl (C=O) groups excluding carboxylic acids is 1. The van der Waals surface area contributed by atoms with E-state index in [-0.39, 0.29) is 11.9 Å². The summed E-state index contributed by atoms with van der Waals surface area (Å²) in [5, 5.41) is 6.36. The molecular weight excluding hydrogens is 214 g/mol. The molecule has 4 heteroatoms. The van der Waals surface area contributed by atoms with Gasteiger partial charge in [0.1, 0.15) is 0 Å². The maximum atomic E-state index is 11.8. The smallest absolute Gasteiger partial charge is 0.237 e. The van der Waals surface area contributed by atoms with Gasteiger partial charge in [-0.25, -0.2) is 0 Å². The van der Waals surface area contributed by atoms with Gasteiger partial charge in [-0.2, -0.15) is 0 Å². The summed E-state index contributed by atoms with van der Waals surface area (Å²) >= 11 is 0. The summed E-state index contributed by atoms with van der Waals surface area (Å²) in [5.41, 5.74) is 0. The van der Waals surface area contributed by atoms with Crippen molar-refractivity contribution in [3.8, 4) is 0 Å². The number of nitrogens with zero attached hydrogens (tertiary/aromatic N) is 1. The van der Waals surface area contributed by atoms with Crippen LogP contribution in [0.25, 0.3) is 0 Å². The lowest BCUT2D eigenvalue weighted by atomic mass is 10.1. The minimum absolute atomic E-state index is 0.0796. The van der Waals surface area contributed by atoms with Gasteiger partial charge in [-0.1, -0.05) is 0 Å². The van der Waals surface area contributed by atoms with Crippen LogP contribution in [0.5, 0.6) is 0 Å². The normalized spacial score (nSPS) is 34.1. The summed E-state index contributed by atoms with van der Waals surface area (Å²) in [6, 6.07) is 0.961. The lowest BCUT2D eigenvalue weighted by Gasteiger charge is -2.16. The Bertz CT molecular complexity index is 284. The van der Waals surface area contributed by atoms with Gasteiger partial charge in [0.2, 0.25) is 5.91 Å². The third kappa shape index (κ3) is 2.80. The van der Waals surface area contributed by atoms with Crippen molar-refractivity contribution in [3.63, 3.8) is 0 Å². The molecule has 0 spiro atoms. The van der Waals surface area contributed by atoms with Gasteiger partial charge in [0.05, 0.1) is 6.04 Å². The first-order chi connectivity index (χ1) is 8.33. The molecule has 3 fully saturated rings. The highest BCUT2D eigenvalue weighted by Gasteiger charge is 2.34. The van der Waals surface area contributed by atoms with Crippen molar-refractivity contribution in [2.24, 2.45) is 5.92 Å². The van der Waals surface area contributed by atoms with E-state index in [1.54, 1.807) is 0 Å². The molecule has 96 valence electrons. The molecule has 17 heavy (non-hydrogen) atoms. The lowest BCUT2D eigenvalue weighted by Crippen LogP contribution is -2.42. The standard InChI is InChI=1S/C13H23N3O/c17-13(12-2-1-6-14-12)15-8-10-5-7-16(9-10)11-3-4-11/h10-12,14H,1-9H2,(H,15,17). The summed E-state index contributed by atoms with van der Waals surface area (Å²) in [6.45, 7) is 4.31. The van der Waals surface area contributed by atoms with E-state index in [2.05, 4.69) is 15.5 Å². The topological polar surface area (TPSA) is 44.4 Å². The summed E-state index contributed by atoms with van der Waals surface area (Å²) < 4.78 is 0. The van der Waals surface area contributed by atoms with Crippen LogP contribution in [0.3, 0.4) is 0 Å². The third-order valence-corrected chi connectivity index (χ3v) is 4.32. The van der Waals surface area contributed by atoms with Crippen LogP contribution in [0.1, 0.15) is 32.1 Å². The Balaban J connectivity index is 1.37. The fourth-order valence-electron chi connectivity index (χ4n) is 3.08. The van der Waals surface area contributed by atoms with Crippen molar-refractivity contribution < 1.29 is 4.79 Å². The molecule has 1 aliphatic carbocycles. The summed E-state index contributed by atoms with van der Waals surface area (Å²) in [6.07, 6.45) is 6.19. The predicted molar refractivity (Wildman–Crippen MR) is 66.7 cm³/mol. The van der Waals surface area contributed by atoms with Crippen LogP contribution in [0.2, 0.25) is 0 Å². The second-order valence-electron chi connectivity index (χ2n) is 5.77. The van der Waals surface area contributed by atoms with Crippen molar-refractivity contribution in [2.45, 2.75) is 44.2 Å². The Labute approximate surface area is 103 Å². The number of nitrogens with one attached hydrogen (secondary N) is 2. The first-order valence-corrected chi connectivity index (χ1v) is 7.08. The molecule has 0 aromatic rings. The number of amides is 1. The van der Waals surface area contributed by atoms with E-state index in [0.29, 0.717) is 5.92 Å². The van der Waals surface area contributed by atoms with E-state index in [1.165, 1.54) is 32.4 Å². The Hall–Kier alpha value is -0.610. The van der Waals surface area contributed by atoms with E-state index in [9.17, 15) is 4.79 Å². The molecule has 3 rings (SSSR count). The van der Waals surface area contributed by atoms with Crippen LogP contribution < -0.4 is 10.6 Å². The molecule has 2 aliphatic heterocycles. The Kier molecular flexibility index (Phi) is 3.34. The molecule has 1 amide bonds. The van der Waals surface area contributed by atoms with Gasteiger partial charge in [-0.15, -0.1) is 0 Å². The molecule has 0 radical (unpaired) electrons. The molecule has 2 N–H and O–H groups in total. The van der Waals surface area contributed by atoms with E-state index in [0.717, 1.165) is 32.0 Å². The number of hydrogen-bond donors (Lipinski definition) is 2. The molecule has 0 bridgehead atoms. The van der Waals surface area contributed by atoms with Gasteiger partial charge < -0.3 is 15.5 Å². The lowest BCUT2D eigenvalue weighted by molar-refractivity contribution is -0.122. The van der Waals surface area contributed by atoms with Crippen LogP contribution in [-0.4, -0.2) is 49.1 Å². The highest BCUT2D eigenvalue weighted by Crippen LogP contribution is 2.31. The van der Waals surface area contributed by atoms with Crippen molar-refractivity contribution in [1.29, 1.82) is 0 Å². The minimum Gasteiger partial charge on any atom is -0.354 e. The zero-order valence-electron chi connectivity index (χ0n) is 10.5. The van der Waals surface area contributed by atoms with Gasteiger partial charge in [0.25, 0.3) is 0 Å². The van der Waals surface area contributed by atoms with Crippen LogP contribution in [0.4, 0.5) is 0 Å². The van der Waals surface area contributed by atoms with Crippen molar-refractivity contribution >= 4 is 5.91 Å². The molecule has 1 saturated carbocycles. The second-order valence-corrected chi connectivity index (χ2v) is 5.77. The monoisotopic (exact) mass is 237 g/mol. The summed E-state index contributed by atoms with van der Waals surface area (Å²) in [5.74, 6) is 0.897. The Morgan fingerprint density at radius 1 is 1.29 bits per heavy atom. The first-order valence-electron chi connectivity index (χ1n) is 7.08. The van der Waals surface area contributed by atoms with Crippen LogP contribution >= 0.6 is 0 Å². The van der Waals surface area contributed by atoms with Crippen molar-refractivity contribution in [3.05, 3.63) is 0 Å². The molecule has 0 aromatic carbocycles. The number of hydrogen-bond acceptors (Lipinski definition) is 3. The predicted octanol–water partition coefficient (Wildman–Crippen LogP) is 0.339. The maximum absolute atomic E-state index is 11.8. The highest BCUT2D eigenvalue weighted by atomic mass is 16.2. The summed E-state index contributed by atoms with van der Waals surface area (Å²) in [7, 11) is 0. The first kappa shape index (κ1) is 11.5. The summed E-state index contributed by atoms with van der Waals surface area (Å²) in [4.78, 5) is 14.4. The molecular formula is C13H23N3O. The van der Waals surface area contributed by atoms with Gasteiger partial charge in [-0.05, 0) is 51.1 Å². The van der Waals surface area contributed by atoms with Gasteiger partial charge in [0, 0.05) is 19.1 Å². The highest BCUT2D eigenvalue weighted by molar-refractivity contribution is 5.81. The SMILES string of the molecule is O=C(NCC1CCN(C2CC2)C1)C1CCCN1. The zero-order valence-corrected chi connectivity index (χ0v) is 10.5. The Morgan fingerprint density at radius 2 is 2.18 bits per heavy atom. The maximum Gasteiger partial charge on any atom is 0.237 e. The van der Waals surface area contributed by atoms with E-state index < -0.39 is 0 Å². The van der Waals surface area contributed by atoms with Gasteiger partial charge >= 0.3 is 0 Å². The second kappa shape index (κ2) is 4.94. The zero-order chi connectivity index (χ0) is 11.7. The quantitative estimate of drug-likeness (QED) is 0.741. The largest absolute Gasteiger partial charge is 0.354 e. The van der Waals surface area contributed by atoms with Gasteiger partial charge in [-0.3, -0.25) is 4.79 Å². The minimum atomic E-state index is 0.0796.